The molecule has 4 heteroatoms. The van der Waals surface area contributed by atoms with Crippen LogP contribution >= 0.6 is 0 Å². The first-order valence-electron chi connectivity index (χ1n) is 7.59. The molecule has 2 atom stereocenters. The number of aromatic nitrogens is 2. The van der Waals surface area contributed by atoms with Gasteiger partial charge in [0.15, 0.2) is 0 Å². The van der Waals surface area contributed by atoms with Crippen LogP contribution in [0, 0.1) is 12.8 Å². The number of nitrogens with one attached hydrogen (secondary N) is 1. The number of aryl methyl sites for hydroxylation is 1. The highest BCUT2D eigenvalue weighted by molar-refractivity contribution is 5.20. The second kappa shape index (κ2) is 6.72. The molecular formula is C16H31N3O. The van der Waals surface area contributed by atoms with Crippen LogP contribution in [0.5, 0.6) is 0 Å². The number of aliphatic hydroxyl groups is 1. The molecule has 1 aromatic rings. The van der Waals surface area contributed by atoms with Crippen molar-refractivity contribution < 1.29 is 5.11 Å². The Balaban J connectivity index is 2.64. The van der Waals surface area contributed by atoms with E-state index in [2.05, 4.69) is 58.2 Å². The van der Waals surface area contributed by atoms with Crippen molar-refractivity contribution in [3.63, 3.8) is 0 Å². The van der Waals surface area contributed by atoms with Gasteiger partial charge in [-0.2, -0.15) is 5.10 Å². The van der Waals surface area contributed by atoms with Crippen molar-refractivity contribution >= 4 is 0 Å². The predicted molar refractivity (Wildman–Crippen MR) is 83.8 cm³/mol. The lowest BCUT2D eigenvalue weighted by Gasteiger charge is -2.20. The molecule has 0 radical (unpaired) electrons. The van der Waals surface area contributed by atoms with Gasteiger partial charge in [-0.05, 0) is 47.0 Å². The lowest BCUT2D eigenvalue weighted by atomic mass is 10.0. The van der Waals surface area contributed by atoms with E-state index in [9.17, 15) is 5.11 Å². The molecule has 0 spiro atoms. The van der Waals surface area contributed by atoms with Crippen LogP contribution in [0.3, 0.4) is 0 Å². The van der Waals surface area contributed by atoms with Crippen LogP contribution < -0.4 is 5.32 Å². The number of hydrogen-bond donors (Lipinski definition) is 2. The summed E-state index contributed by atoms with van der Waals surface area (Å²) in [5.41, 5.74) is 2.26. The standard InChI is InChI=1S/C16H31N3O/c1-11(2)8-14(20)9-17-12(3)15-10-19(16(5,6)7)18-13(15)4/h10-12,14,17,20H,8-9H2,1-7H3. The monoisotopic (exact) mass is 281 g/mol. The Morgan fingerprint density at radius 2 is 1.90 bits per heavy atom. The van der Waals surface area contributed by atoms with Crippen molar-refractivity contribution in [3.8, 4) is 0 Å². The van der Waals surface area contributed by atoms with Gasteiger partial charge in [0.05, 0.1) is 17.3 Å². The summed E-state index contributed by atoms with van der Waals surface area (Å²) < 4.78 is 2.01. The SMILES string of the molecule is Cc1nn(C(C)(C)C)cc1C(C)NCC(O)CC(C)C. The molecule has 0 aliphatic rings. The van der Waals surface area contributed by atoms with Crippen LogP contribution in [-0.4, -0.2) is 27.5 Å². The normalized spacial score (nSPS) is 15.7. The zero-order chi connectivity index (χ0) is 15.5. The summed E-state index contributed by atoms with van der Waals surface area (Å²) in [7, 11) is 0. The van der Waals surface area contributed by atoms with E-state index in [0.29, 0.717) is 12.5 Å². The fraction of sp³-hybridized carbons (Fsp3) is 0.812. The second-order valence-corrected chi connectivity index (χ2v) is 7.20. The molecular weight excluding hydrogens is 250 g/mol. The highest BCUT2D eigenvalue weighted by Gasteiger charge is 2.19. The van der Waals surface area contributed by atoms with Crippen molar-refractivity contribution in [2.75, 3.05) is 6.54 Å². The van der Waals surface area contributed by atoms with Gasteiger partial charge < -0.3 is 10.4 Å². The van der Waals surface area contributed by atoms with Gasteiger partial charge in [0.2, 0.25) is 0 Å². The van der Waals surface area contributed by atoms with Crippen molar-refractivity contribution in [3.05, 3.63) is 17.5 Å². The maximum atomic E-state index is 9.94. The molecule has 2 unspecified atom stereocenters. The molecule has 0 saturated carbocycles. The Morgan fingerprint density at radius 3 is 2.35 bits per heavy atom. The van der Waals surface area contributed by atoms with Gasteiger partial charge in [-0.15, -0.1) is 0 Å². The van der Waals surface area contributed by atoms with Crippen molar-refractivity contribution in [2.24, 2.45) is 5.92 Å². The van der Waals surface area contributed by atoms with Crippen LogP contribution in [0.1, 0.15) is 65.3 Å². The summed E-state index contributed by atoms with van der Waals surface area (Å²) in [6, 6.07) is 0.202. The van der Waals surface area contributed by atoms with E-state index >= 15 is 0 Å². The first-order chi connectivity index (χ1) is 9.11. The Hall–Kier alpha value is -0.870. The molecule has 116 valence electrons. The third-order valence-electron chi connectivity index (χ3n) is 3.49. The minimum atomic E-state index is -0.282. The number of hydrogen-bond acceptors (Lipinski definition) is 3. The van der Waals surface area contributed by atoms with Gasteiger partial charge in [-0.25, -0.2) is 0 Å². The summed E-state index contributed by atoms with van der Waals surface area (Å²) in [6.07, 6.45) is 2.66. The quantitative estimate of drug-likeness (QED) is 0.843. The van der Waals surface area contributed by atoms with Crippen molar-refractivity contribution in [1.29, 1.82) is 0 Å². The lowest BCUT2D eigenvalue weighted by molar-refractivity contribution is 0.143. The second-order valence-electron chi connectivity index (χ2n) is 7.20. The molecule has 0 saturated heterocycles. The van der Waals surface area contributed by atoms with Gasteiger partial charge in [-0.1, -0.05) is 13.8 Å². The molecule has 20 heavy (non-hydrogen) atoms. The molecule has 1 aromatic heterocycles. The minimum Gasteiger partial charge on any atom is -0.392 e. The molecule has 1 heterocycles. The molecule has 4 nitrogen and oxygen atoms in total. The third kappa shape index (κ3) is 4.91. The van der Waals surface area contributed by atoms with Crippen LogP contribution in [0.2, 0.25) is 0 Å². The molecule has 0 aliphatic heterocycles. The molecule has 0 aliphatic carbocycles. The summed E-state index contributed by atoms with van der Waals surface area (Å²) in [4.78, 5) is 0. The average Bonchev–Trinajstić information content (AvgIpc) is 2.67. The molecule has 0 fully saturated rings. The van der Waals surface area contributed by atoms with E-state index < -0.39 is 0 Å². The average molecular weight is 281 g/mol. The zero-order valence-electron chi connectivity index (χ0n) is 14.1. The Bertz CT molecular complexity index is 418. The van der Waals surface area contributed by atoms with Gasteiger partial charge in [0.1, 0.15) is 0 Å². The van der Waals surface area contributed by atoms with Gasteiger partial charge >= 0.3 is 0 Å². The Kier molecular flexibility index (Phi) is 5.78. The maximum absolute atomic E-state index is 9.94. The van der Waals surface area contributed by atoms with Crippen LogP contribution in [0.4, 0.5) is 0 Å². The molecule has 1 rings (SSSR count). The molecule has 2 N–H and O–H groups in total. The maximum Gasteiger partial charge on any atom is 0.0667 e. The number of nitrogens with zero attached hydrogens (tertiary/aromatic N) is 2. The smallest absolute Gasteiger partial charge is 0.0667 e. The van der Waals surface area contributed by atoms with E-state index in [4.69, 9.17) is 0 Å². The fourth-order valence-corrected chi connectivity index (χ4v) is 2.29. The number of rotatable bonds is 6. The highest BCUT2D eigenvalue weighted by Crippen LogP contribution is 2.21. The van der Waals surface area contributed by atoms with Gasteiger partial charge in [0, 0.05) is 24.3 Å². The van der Waals surface area contributed by atoms with Crippen LogP contribution in [-0.2, 0) is 5.54 Å². The summed E-state index contributed by atoms with van der Waals surface area (Å²) in [5, 5.41) is 17.9. The number of aliphatic hydroxyl groups excluding tert-OH is 1. The third-order valence-corrected chi connectivity index (χ3v) is 3.49. The Morgan fingerprint density at radius 1 is 1.30 bits per heavy atom. The van der Waals surface area contributed by atoms with E-state index in [0.717, 1.165) is 12.1 Å². The van der Waals surface area contributed by atoms with E-state index in [1.165, 1.54) is 5.56 Å². The largest absolute Gasteiger partial charge is 0.392 e. The Labute approximate surface area is 123 Å². The summed E-state index contributed by atoms with van der Waals surface area (Å²) in [6.45, 7) is 15.5. The van der Waals surface area contributed by atoms with E-state index in [1.807, 2.05) is 11.6 Å². The van der Waals surface area contributed by atoms with Gasteiger partial charge in [-0.3, -0.25) is 4.68 Å². The zero-order valence-corrected chi connectivity index (χ0v) is 14.1. The van der Waals surface area contributed by atoms with E-state index in [1.54, 1.807) is 0 Å². The predicted octanol–water partition coefficient (Wildman–Crippen LogP) is 3.00. The van der Waals surface area contributed by atoms with Gasteiger partial charge in [0.25, 0.3) is 0 Å². The first-order valence-corrected chi connectivity index (χ1v) is 7.59. The van der Waals surface area contributed by atoms with E-state index in [-0.39, 0.29) is 17.7 Å². The van der Waals surface area contributed by atoms with Crippen LogP contribution in [0.15, 0.2) is 6.20 Å². The minimum absolute atomic E-state index is 0.000113. The fourth-order valence-electron chi connectivity index (χ4n) is 2.29. The molecule has 0 amide bonds. The molecule has 0 bridgehead atoms. The highest BCUT2D eigenvalue weighted by atomic mass is 16.3. The first kappa shape index (κ1) is 17.2. The van der Waals surface area contributed by atoms with Crippen molar-refractivity contribution in [2.45, 2.75) is 72.6 Å². The summed E-state index contributed by atoms with van der Waals surface area (Å²) in [5.74, 6) is 0.521. The molecule has 0 aromatic carbocycles. The van der Waals surface area contributed by atoms with Crippen LogP contribution in [0.25, 0.3) is 0 Å². The summed E-state index contributed by atoms with van der Waals surface area (Å²) >= 11 is 0. The lowest BCUT2D eigenvalue weighted by Crippen LogP contribution is -2.30. The van der Waals surface area contributed by atoms with Crippen molar-refractivity contribution in [1.82, 2.24) is 15.1 Å². The topological polar surface area (TPSA) is 50.1 Å².